The summed E-state index contributed by atoms with van der Waals surface area (Å²) in [4.78, 5) is 20.2. The molecule has 0 bridgehead atoms. The second-order valence-corrected chi connectivity index (χ2v) is 7.69. The molecule has 0 aliphatic carbocycles. The average Bonchev–Trinajstić information content (AvgIpc) is 2.98. The minimum Gasteiger partial charge on any atom is -0.383 e. The predicted octanol–water partition coefficient (Wildman–Crippen LogP) is 2.73. The van der Waals surface area contributed by atoms with Crippen LogP contribution in [0.4, 0.5) is 11.8 Å². The topological polar surface area (TPSA) is 88.1 Å². The summed E-state index contributed by atoms with van der Waals surface area (Å²) in [5.74, 6) is 1.37. The van der Waals surface area contributed by atoms with Gasteiger partial charge in [0.1, 0.15) is 10.8 Å². The Hall–Kier alpha value is -2.04. The van der Waals surface area contributed by atoms with Crippen molar-refractivity contribution in [1.82, 2.24) is 25.3 Å². The van der Waals surface area contributed by atoms with E-state index >= 15 is 0 Å². The van der Waals surface area contributed by atoms with E-state index in [-0.39, 0.29) is 0 Å². The number of aromatic nitrogens is 4. The van der Waals surface area contributed by atoms with Crippen molar-refractivity contribution in [2.45, 2.75) is 35.9 Å². The number of hydrogen-bond donors (Lipinski definition) is 2. The van der Waals surface area contributed by atoms with Crippen LogP contribution in [0.3, 0.4) is 0 Å². The molecule has 0 amide bonds. The van der Waals surface area contributed by atoms with Gasteiger partial charge in [-0.1, -0.05) is 12.8 Å². The van der Waals surface area contributed by atoms with Crippen molar-refractivity contribution in [3.63, 3.8) is 0 Å². The Kier molecular flexibility index (Phi) is 8.19. The van der Waals surface area contributed by atoms with Gasteiger partial charge in [0, 0.05) is 45.2 Å². The van der Waals surface area contributed by atoms with E-state index in [1.807, 2.05) is 6.07 Å². The van der Waals surface area contributed by atoms with E-state index in [0.717, 1.165) is 23.9 Å². The Morgan fingerprint density at radius 2 is 1.93 bits per heavy atom. The van der Waals surface area contributed by atoms with E-state index < -0.39 is 0 Å². The molecule has 8 nitrogen and oxygen atoms in total. The Morgan fingerprint density at radius 3 is 2.64 bits per heavy atom. The third-order valence-corrected chi connectivity index (χ3v) is 5.23. The maximum absolute atomic E-state index is 5.34. The average molecular weight is 420 g/mol. The normalized spacial score (nSPS) is 14.4. The number of thiocarbonyl (C=S) groups is 1. The lowest BCUT2D eigenvalue weighted by atomic mass is 10.2. The van der Waals surface area contributed by atoms with Gasteiger partial charge in [-0.05, 0) is 42.9 Å². The number of nitrogens with one attached hydrogen (secondary N) is 2. The van der Waals surface area contributed by atoms with Crippen LogP contribution in [0.2, 0.25) is 0 Å². The molecular formula is C18H25N7OS2. The molecule has 3 rings (SSSR count). The molecule has 2 N–H and O–H groups in total. The third kappa shape index (κ3) is 6.54. The molecule has 0 spiro atoms. The Balaban J connectivity index is 1.79. The van der Waals surface area contributed by atoms with Crippen molar-refractivity contribution in [2.75, 3.05) is 43.6 Å². The zero-order chi connectivity index (χ0) is 19.6. The molecule has 0 radical (unpaired) electrons. The van der Waals surface area contributed by atoms with E-state index in [0.29, 0.717) is 29.4 Å². The molecule has 2 aromatic heterocycles. The summed E-state index contributed by atoms with van der Waals surface area (Å²) in [7, 11) is 1.65. The molecule has 2 aromatic rings. The first-order valence-corrected chi connectivity index (χ1v) is 10.6. The quantitative estimate of drug-likeness (QED) is 0.302. The van der Waals surface area contributed by atoms with Crippen molar-refractivity contribution >= 4 is 40.9 Å². The molecule has 1 aliphatic heterocycles. The zero-order valence-electron chi connectivity index (χ0n) is 15.9. The van der Waals surface area contributed by atoms with Gasteiger partial charge >= 0.3 is 0 Å². The SMILES string of the molecule is COCCNC(=S)Nc1nc(Sc2ncccn2)cc(N2CCCCCC2)n1. The predicted molar refractivity (Wildman–Crippen MR) is 115 cm³/mol. The molecular weight excluding hydrogens is 394 g/mol. The number of rotatable bonds is 7. The zero-order valence-corrected chi connectivity index (χ0v) is 17.6. The monoisotopic (exact) mass is 419 g/mol. The standard InChI is InChI=1S/C18H25N7OS2/c1-26-12-9-19-17(27)24-16-22-14(25-10-4-2-3-5-11-25)13-15(23-16)28-18-20-7-6-8-21-18/h6-8,13H,2-5,9-12H2,1H3,(H2,19,22,23,24,27). The lowest BCUT2D eigenvalue weighted by Gasteiger charge is -2.22. The number of methoxy groups -OCH3 is 1. The summed E-state index contributed by atoms with van der Waals surface area (Å²) in [6.45, 7) is 3.19. The van der Waals surface area contributed by atoms with E-state index in [1.54, 1.807) is 25.6 Å². The van der Waals surface area contributed by atoms with Gasteiger partial charge in [-0.2, -0.15) is 4.98 Å². The van der Waals surface area contributed by atoms with Crippen LogP contribution in [0.1, 0.15) is 25.7 Å². The lowest BCUT2D eigenvalue weighted by Crippen LogP contribution is -2.32. The molecule has 1 saturated heterocycles. The van der Waals surface area contributed by atoms with Crippen molar-refractivity contribution in [1.29, 1.82) is 0 Å². The van der Waals surface area contributed by atoms with Crippen molar-refractivity contribution in [2.24, 2.45) is 0 Å². The van der Waals surface area contributed by atoms with Crippen LogP contribution in [-0.2, 0) is 4.74 Å². The van der Waals surface area contributed by atoms with Gasteiger partial charge in [-0.25, -0.2) is 15.0 Å². The summed E-state index contributed by atoms with van der Waals surface area (Å²) in [5, 5.41) is 8.06. The maximum atomic E-state index is 5.34. The Labute approximate surface area is 174 Å². The molecule has 3 heterocycles. The van der Waals surface area contributed by atoms with Gasteiger partial charge < -0.3 is 20.3 Å². The van der Waals surface area contributed by atoms with Gasteiger partial charge in [-0.3, -0.25) is 0 Å². The van der Waals surface area contributed by atoms with Crippen LogP contribution in [0, 0.1) is 0 Å². The highest BCUT2D eigenvalue weighted by Crippen LogP contribution is 2.27. The number of hydrogen-bond acceptors (Lipinski definition) is 8. The van der Waals surface area contributed by atoms with E-state index in [4.69, 9.17) is 21.9 Å². The highest BCUT2D eigenvalue weighted by atomic mass is 32.2. The molecule has 0 saturated carbocycles. The molecule has 1 fully saturated rings. The summed E-state index contributed by atoms with van der Waals surface area (Å²) < 4.78 is 5.03. The summed E-state index contributed by atoms with van der Waals surface area (Å²) in [6, 6.07) is 3.79. The number of ether oxygens (including phenoxy) is 1. The van der Waals surface area contributed by atoms with Crippen molar-refractivity contribution < 1.29 is 4.74 Å². The number of anilines is 2. The van der Waals surface area contributed by atoms with Gasteiger partial charge in [0.2, 0.25) is 5.95 Å². The van der Waals surface area contributed by atoms with Crippen LogP contribution in [0.25, 0.3) is 0 Å². The van der Waals surface area contributed by atoms with Gasteiger partial charge in [0.15, 0.2) is 10.3 Å². The minimum atomic E-state index is 0.468. The lowest BCUT2D eigenvalue weighted by molar-refractivity contribution is 0.204. The fourth-order valence-electron chi connectivity index (χ4n) is 2.83. The van der Waals surface area contributed by atoms with E-state index in [9.17, 15) is 0 Å². The first kappa shape index (κ1) is 20.7. The molecule has 0 aromatic carbocycles. The fourth-order valence-corrected chi connectivity index (χ4v) is 3.73. The Bertz CT molecular complexity index is 755. The smallest absolute Gasteiger partial charge is 0.232 e. The summed E-state index contributed by atoms with van der Waals surface area (Å²) >= 11 is 6.75. The number of nitrogens with zero attached hydrogens (tertiary/aromatic N) is 5. The highest BCUT2D eigenvalue weighted by molar-refractivity contribution is 7.99. The molecule has 1 aliphatic rings. The summed E-state index contributed by atoms with van der Waals surface area (Å²) in [6.07, 6.45) is 8.32. The molecule has 150 valence electrons. The third-order valence-electron chi connectivity index (χ3n) is 4.17. The van der Waals surface area contributed by atoms with Gasteiger partial charge in [0.25, 0.3) is 0 Å². The van der Waals surface area contributed by atoms with Gasteiger partial charge in [-0.15, -0.1) is 0 Å². The maximum Gasteiger partial charge on any atom is 0.232 e. The first-order valence-electron chi connectivity index (χ1n) is 9.37. The Morgan fingerprint density at radius 1 is 1.18 bits per heavy atom. The van der Waals surface area contributed by atoms with Crippen LogP contribution in [0.15, 0.2) is 34.7 Å². The highest BCUT2D eigenvalue weighted by Gasteiger charge is 2.15. The van der Waals surface area contributed by atoms with E-state index in [2.05, 4.69) is 30.5 Å². The first-order chi connectivity index (χ1) is 13.7. The van der Waals surface area contributed by atoms with Crippen molar-refractivity contribution in [3.05, 3.63) is 24.5 Å². The second kappa shape index (κ2) is 11.1. The summed E-state index contributed by atoms with van der Waals surface area (Å²) in [5.41, 5.74) is 0. The molecule has 28 heavy (non-hydrogen) atoms. The second-order valence-electron chi connectivity index (χ2n) is 6.30. The van der Waals surface area contributed by atoms with Crippen LogP contribution < -0.4 is 15.5 Å². The minimum absolute atomic E-state index is 0.468. The molecule has 0 unspecified atom stereocenters. The van der Waals surface area contributed by atoms with E-state index in [1.165, 1.54) is 37.4 Å². The van der Waals surface area contributed by atoms with Crippen LogP contribution in [0.5, 0.6) is 0 Å². The van der Waals surface area contributed by atoms with Gasteiger partial charge in [0.05, 0.1) is 6.61 Å². The van der Waals surface area contributed by atoms with Crippen LogP contribution in [-0.4, -0.2) is 58.4 Å². The molecule has 0 atom stereocenters. The largest absolute Gasteiger partial charge is 0.383 e. The van der Waals surface area contributed by atoms with Crippen LogP contribution >= 0.6 is 24.0 Å². The fraction of sp³-hybridized carbons (Fsp3) is 0.500. The molecule has 10 heteroatoms. The van der Waals surface area contributed by atoms with Crippen molar-refractivity contribution in [3.8, 4) is 0 Å².